The van der Waals surface area contributed by atoms with Crippen molar-refractivity contribution in [3.05, 3.63) is 47.8 Å². The van der Waals surface area contributed by atoms with Crippen molar-refractivity contribution in [1.29, 1.82) is 0 Å². The van der Waals surface area contributed by atoms with Gasteiger partial charge in [-0.25, -0.2) is 13.1 Å². The summed E-state index contributed by atoms with van der Waals surface area (Å²) < 4.78 is 27.2. The molecule has 0 saturated carbocycles. The van der Waals surface area contributed by atoms with Gasteiger partial charge in [-0.2, -0.15) is 0 Å². The Hall–Kier alpha value is -1.70. The molecule has 1 amide bonds. The fourth-order valence-corrected chi connectivity index (χ4v) is 4.57. The molecule has 0 bridgehead atoms. The molecule has 1 aliphatic heterocycles. The molecule has 7 heteroatoms. The summed E-state index contributed by atoms with van der Waals surface area (Å²) in [4.78, 5) is 13.7. The predicted molar refractivity (Wildman–Crippen MR) is 81.8 cm³/mol. The second kappa shape index (κ2) is 5.59. The number of rotatable bonds is 4. The number of carbonyl (C=O) groups is 1. The second-order valence-corrected chi connectivity index (χ2v) is 7.68. The number of thiophene rings is 1. The van der Waals surface area contributed by atoms with E-state index >= 15 is 0 Å². The first-order valence-electron chi connectivity index (χ1n) is 6.47. The average molecular weight is 322 g/mol. The Balaban J connectivity index is 1.74. The van der Waals surface area contributed by atoms with Gasteiger partial charge in [0.15, 0.2) is 0 Å². The first-order valence-corrected chi connectivity index (χ1v) is 8.84. The number of benzene rings is 1. The van der Waals surface area contributed by atoms with Crippen LogP contribution in [0.15, 0.2) is 52.1 Å². The molecular weight excluding hydrogens is 308 g/mol. The van der Waals surface area contributed by atoms with Crippen LogP contribution < -0.4 is 9.62 Å². The van der Waals surface area contributed by atoms with Crippen molar-refractivity contribution in [3.8, 4) is 0 Å². The van der Waals surface area contributed by atoms with Crippen LogP contribution in [0, 0.1) is 0 Å². The summed E-state index contributed by atoms with van der Waals surface area (Å²) in [6, 6.07) is 12.1. The highest BCUT2D eigenvalue weighted by Crippen LogP contribution is 2.23. The van der Waals surface area contributed by atoms with E-state index in [1.165, 1.54) is 0 Å². The van der Waals surface area contributed by atoms with Gasteiger partial charge in [0.25, 0.3) is 0 Å². The third kappa shape index (κ3) is 2.99. The molecule has 0 unspecified atom stereocenters. The minimum Gasteiger partial charge on any atom is -0.311 e. The van der Waals surface area contributed by atoms with Gasteiger partial charge in [0.1, 0.15) is 4.21 Å². The van der Waals surface area contributed by atoms with E-state index in [4.69, 9.17) is 0 Å². The number of sulfonamides is 1. The van der Waals surface area contributed by atoms with E-state index in [0.717, 1.165) is 17.0 Å². The fraction of sp³-hybridized carbons (Fsp3) is 0.214. The van der Waals surface area contributed by atoms with Crippen molar-refractivity contribution >= 4 is 33.0 Å². The SMILES string of the molecule is O=C1C[C@H](NS(=O)(=O)c2cccs2)CN1c1ccccc1. The Kier molecular flexibility index (Phi) is 3.79. The third-order valence-corrected chi connectivity index (χ3v) is 6.19. The zero-order valence-electron chi connectivity index (χ0n) is 11.1. The van der Waals surface area contributed by atoms with E-state index in [2.05, 4.69) is 4.72 Å². The predicted octanol–water partition coefficient (Wildman–Crippen LogP) is 1.83. The molecule has 0 aliphatic carbocycles. The molecule has 1 aliphatic rings. The number of carbonyl (C=O) groups excluding carboxylic acids is 1. The molecule has 1 atom stereocenters. The van der Waals surface area contributed by atoms with Gasteiger partial charge >= 0.3 is 0 Å². The minimum absolute atomic E-state index is 0.0694. The van der Waals surface area contributed by atoms with Gasteiger partial charge < -0.3 is 4.90 Å². The summed E-state index contributed by atoms with van der Waals surface area (Å²) in [6.07, 6.45) is 0.180. The summed E-state index contributed by atoms with van der Waals surface area (Å²) in [5.74, 6) is -0.0694. The summed E-state index contributed by atoms with van der Waals surface area (Å²) in [5.41, 5.74) is 0.792. The average Bonchev–Trinajstić information content (AvgIpc) is 3.09. The van der Waals surface area contributed by atoms with Crippen molar-refractivity contribution in [2.45, 2.75) is 16.7 Å². The van der Waals surface area contributed by atoms with Crippen LogP contribution in [0.4, 0.5) is 5.69 Å². The zero-order valence-corrected chi connectivity index (χ0v) is 12.7. The highest BCUT2D eigenvalue weighted by molar-refractivity contribution is 7.91. The molecule has 21 heavy (non-hydrogen) atoms. The Morgan fingerprint density at radius 1 is 1.14 bits per heavy atom. The molecular formula is C14H14N2O3S2. The number of para-hydroxylation sites is 1. The van der Waals surface area contributed by atoms with Gasteiger partial charge in [0, 0.05) is 24.7 Å². The summed E-state index contributed by atoms with van der Waals surface area (Å²) in [5, 5.41) is 1.71. The number of amides is 1. The lowest BCUT2D eigenvalue weighted by Crippen LogP contribution is -2.36. The maximum atomic E-state index is 12.2. The zero-order chi connectivity index (χ0) is 14.9. The van der Waals surface area contributed by atoms with Crippen molar-refractivity contribution < 1.29 is 13.2 Å². The van der Waals surface area contributed by atoms with E-state index in [-0.39, 0.29) is 16.5 Å². The van der Waals surface area contributed by atoms with Crippen LogP contribution in [0.2, 0.25) is 0 Å². The first-order chi connectivity index (χ1) is 10.1. The largest absolute Gasteiger partial charge is 0.311 e. The van der Waals surface area contributed by atoms with Crippen LogP contribution in [-0.4, -0.2) is 26.9 Å². The van der Waals surface area contributed by atoms with Crippen LogP contribution in [0.5, 0.6) is 0 Å². The Labute approximate surface area is 127 Å². The molecule has 1 fully saturated rings. The van der Waals surface area contributed by atoms with E-state index in [1.807, 2.05) is 30.3 Å². The maximum Gasteiger partial charge on any atom is 0.250 e. The van der Waals surface area contributed by atoms with Gasteiger partial charge in [-0.15, -0.1) is 11.3 Å². The lowest BCUT2D eigenvalue weighted by atomic mass is 10.3. The highest BCUT2D eigenvalue weighted by Gasteiger charge is 2.33. The minimum atomic E-state index is -3.54. The van der Waals surface area contributed by atoms with Crippen LogP contribution in [0.3, 0.4) is 0 Å². The van der Waals surface area contributed by atoms with Crippen molar-refractivity contribution in [2.24, 2.45) is 0 Å². The van der Waals surface area contributed by atoms with Crippen molar-refractivity contribution in [1.82, 2.24) is 4.72 Å². The van der Waals surface area contributed by atoms with Crippen LogP contribution in [0.25, 0.3) is 0 Å². The van der Waals surface area contributed by atoms with Crippen LogP contribution in [-0.2, 0) is 14.8 Å². The highest BCUT2D eigenvalue weighted by atomic mass is 32.2. The first kappa shape index (κ1) is 14.2. The maximum absolute atomic E-state index is 12.2. The summed E-state index contributed by atoms with van der Waals surface area (Å²) in [7, 11) is -3.54. The molecule has 1 aromatic heterocycles. The van der Waals surface area contributed by atoms with Gasteiger partial charge in [0.2, 0.25) is 15.9 Å². The molecule has 3 rings (SSSR count). The molecule has 1 aromatic carbocycles. The molecule has 0 radical (unpaired) electrons. The monoisotopic (exact) mass is 322 g/mol. The second-order valence-electron chi connectivity index (χ2n) is 4.79. The van der Waals surface area contributed by atoms with Crippen LogP contribution in [0.1, 0.15) is 6.42 Å². The molecule has 5 nitrogen and oxygen atoms in total. The number of hydrogen-bond donors (Lipinski definition) is 1. The smallest absolute Gasteiger partial charge is 0.250 e. The van der Waals surface area contributed by atoms with Gasteiger partial charge in [-0.1, -0.05) is 24.3 Å². The molecule has 2 aromatic rings. The molecule has 0 spiro atoms. The number of nitrogens with one attached hydrogen (secondary N) is 1. The van der Waals surface area contributed by atoms with Crippen molar-refractivity contribution in [2.75, 3.05) is 11.4 Å². The van der Waals surface area contributed by atoms with E-state index in [0.29, 0.717) is 6.54 Å². The number of nitrogens with zero attached hydrogens (tertiary/aromatic N) is 1. The van der Waals surface area contributed by atoms with Crippen LogP contribution >= 0.6 is 11.3 Å². The fourth-order valence-electron chi connectivity index (χ4n) is 2.34. The summed E-state index contributed by atoms with van der Waals surface area (Å²) >= 11 is 1.16. The van der Waals surface area contributed by atoms with Crippen molar-refractivity contribution in [3.63, 3.8) is 0 Å². The lowest BCUT2D eigenvalue weighted by Gasteiger charge is -2.16. The van der Waals surface area contributed by atoms with Gasteiger partial charge in [-0.05, 0) is 23.6 Å². The lowest BCUT2D eigenvalue weighted by molar-refractivity contribution is -0.117. The van der Waals surface area contributed by atoms with E-state index in [9.17, 15) is 13.2 Å². The summed E-state index contributed by atoms with van der Waals surface area (Å²) in [6.45, 7) is 0.355. The Morgan fingerprint density at radius 2 is 1.90 bits per heavy atom. The topological polar surface area (TPSA) is 66.5 Å². The Bertz CT molecular complexity index is 727. The quantitative estimate of drug-likeness (QED) is 0.934. The normalized spacial score (nSPS) is 19.1. The third-order valence-electron chi connectivity index (χ3n) is 3.27. The molecule has 2 heterocycles. The van der Waals surface area contributed by atoms with Gasteiger partial charge in [-0.3, -0.25) is 4.79 Å². The molecule has 1 N–H and O–H groups in total. The standard InChI is InChI=1S/C14H14N2O3S2/c17-13-9-11(10-16(13)12-5-2-1-3-6-12)15-21(18,19)14-7-4-8-20-14/h1-8,11,15H,9-10H2/t11-/m0/s1. The Morgan fingerprint density at radius 3 is 2.57 bits per heavy atom. The van der Waals surface area contributed by atoms with Gasteiger partial charge in [0.05, 0.1) is 0 Å². The molecule has 110 valence electrons. The number of hydrogen-bond acceptors (Lipinski definition) is 4. The van der Waals surface area contributed by atoms with E-state index < -0.39 is 16.1 Å². The molecule has 1 saturated heterocycles. The van der Waals surface area contributed by atoms with E-state index in [1.54, 1.807) is 22.4 Å². The number of anilines is 1.